The highest BCUT2D eigenvalue weighted by atomic mass is 35.5. The molecule has 1 saturated carbocycles. The average Bonchev–Trinajstić information content (AvgIpc) is 3.05. The quantitative estimate of drug-likeness (QED) is 0.495. The minimum Gasteiger partial charge on any atom is -0.379 e. The Bertz CT molecular complexity index is 207. The normalized spacial score (nSPS) is 17.5. The first-order chi connectivity index (χ1) is 7.15. The summed E-state index contributed by atoms with van der Waals surface area (Å²) in [4.78, 5) is 13.3. The van der Waals surface area contributed by atoms with Crippen molar-refractivity contribution in [1.29, 1.82) is 0 Å². The van der Waals surface area contributed by atoms with Crippen molar-refractivity contribution in [3.63, 3.8) is 0 Å². The lowest BCUT2D eigenvalue weighted by molar-refractivity contribution is -0.133. The molecule has 0 radical (unpaired) electrons. The Morgan fingerprint density at radius 3 is 2.80 bits per heavy atom. The summed E-state index contributed by atoms with van der Waals surface area (Å²) in [6.45, 7) is 3.99. The van der Waals surface area contributed by atoms with Gasteiger partial charge in [0.1, 0.15) is 0 Å². The van der Waals surface area contributed by atoms with Crippen LogP contribution in [0.2, 0.25) is 0 Å². The van der Waals surface area contributed by atoms with Crippen LogP contribution in [-0.4, -0.2) is 43.5 Å². The highest BCUT2D eigenvalue weighted by molar-refractivity contribution is 6.19. The Balaban J connectivity index is 2.05. The molecule has 3 nitrogen and oxygen atoms in total. The maximum atomic E-state index is 11.6. The van der Waals surface area contributed by atoms with E-state index in [-0.39, 0.29) is 11.8 Å². The maximum absolute atomic E-state index is 11.6. The second-order valence-electron chi connectivity index (χ2n) is 4.33. The highest BCUT2D eigenvalue weighted by Crippen LogP contribution is 2.28. The summed E-state index contributed by atoms with van der Waals surface area (Å²) in [6.07, 6.45) is 2.61. The van der Waals surface area contributed by atoms with E-state index in [4.69, 9.17) is 16.3 Å². The van der Waals surface area contributed by atoms with Gasteiger partial charge in [-0.05, 0) is 18.8 Å². The minimum absolute atomic E-state index is 0.0971. The van der Waals surface area contributed by atoms with E-state index in [1.54, 1.807) is 11.9 Å². The molecule has 88 valence electrons. The summed E-state index contributed by atoms with van der Waals surface area (Å²) < 4.78 is 5.46. The first-order valence-corrected chi connectivity index (χ1v) is 6.07. The number of amides is 1. The van der Waals surface area contributed by atoms with E-state index < -0.39 is 0 Å². The van der Waals surface area contributed by atoms with Gasteiger partial charge in [0.25, 0.3) is 0 Å². The summed E-state index contributed by atoms with van der Waals surface area (Å²) in [6, 6.07) is 0. The van der Waals surface area contributed by atoms with Crippen molar-refractivity contribution in [3.8, 4) is 0 Å². The molecule has 0 N–H and O–H groups in total. The van der Waals surface area contributed by atoms with Crippen LogP contribution in [0.4, 0.5) is 0 Å². The van der Waals surface area contributed by atoms with Gasteiger partial charge < -0.3 is 9.64 Å². The topological polar surface area (TPSA) is 29.5 Å². The SMILES string of the molecule is CC(CCl)C(=O)N(C)CCOCC1CC1. The van der Waals surface area contributed by atoms with Crippen LogP contribution in [0.25, 0.3) is 0 Å². The molecule has 0 aliphatic heterocycles. The van der Waals surface area contributed by atoms with Crippen LogP contribution in [0, 0.1) is 11.8 Å². The third-order valence-corrected chi connectivity index (χ3v) is 3.11. The average molecular weight is 234 g/mol. The van der Waals surface area contributed by atoms with Crippen molar-refractivity contribution >= 4 is 17.5 Å². The standard InChI is InChI=1S/C11H20ClNO2/c1-9(7-12)11(14)13(2)5-6-15-8-10-3-4-10/h9-10H,3-8H2,1-2H3. The molecule has 0 heterocycles. The van der Waals surface area contributed by atoms with Gasteiger partial charge in [0, 0.05) is 32.0 Å². The van der Waals surface area contributed by atoms with Gasteiger partial charge >= 0.3 is 0 Å². The summed E-state index contributed by atoms with van der Waals surface area (Å²) >= 11 is 5.62. The van der Waals surface area contributed by atoms with Crippen molar-refractivity contribution in [2.75, 3.05) is 32.7 Å². The summed E-state index contributed by atoms with van der Waals surface area (Å²) in [5.41, 5.74) is 0. The van der Waals surface area contributed by atoms with Crippen molar-refractivity contribution in [3.05, 3.63) is 0 Å². The molecule has 1 aliphatic rings. The number of carbonyl (C=O) groups is 1. The van der Waals surface area contributed by atoms with Gasteiger partial charge in [-0.3, -0.25) is 4.79 Å². The molecule has 1 unspecified atom stereocenters. The third kappa shape index (κ3) is 4.85. The van der Waals surface area contributed by atoms with Gasteiger partial charge in [-0.15, -0.1) is 11.6 Å². The third-order valence-electron chi connectivity index (χ3n) is 2.65. The molecular formula is C11H20ClNO2. The predicted molar refractivity (Wildman–Crippen MR) is 61.1 cm³/mol. The molecule has 0 aromatic heterocycles. The van der Waals surface area contributed by atoms with Crippen LogP contribution in [0.5, 0.6) is 0 Å². The van der Waals surface area contributed by atoms with Crippen molar-refractivity contribution in [2.45, 2.75) is 19.8 Å². The van der Waals surface area contributed by atoms with E-state index >= 15 is 0 Å². The van der Waals surface area contributed by atoms with Gasteiger partial charge in [-0.2, -0.15) is 0 Å². The largest absolute Gasteiger partial charge is 0.379 e. The van der Waals surface area contributed by atoms with E-state index in [0.29, 0.717) is 19.0 Å². The Morgan fingerprint density at radius 1 is 1.60 bits per heavy atom. The number of nitrogens with zero attached hydrogens (tertiary/aromatic N) is 1. The Hall–Kier alpha value is -0.280. The van der Waals surface area contributed by atoms with Crippen molar-refractivity contribution in [1.82, 2.24) is 4.90 Å². The van der Waals surface area contributed by atoms with Crippen LogP contribution in [0.15, 0.2) is 0 Å². The molecule has 0 aromatic rings. The molecule has 1 fully saturated rings. The van der Waals surface area contributed by atoms with Crippen LogP contribution in [0.3, 0.4) is 0 Å². The van der Waals surface area contributed by atoms with Gasteiger partial charge in [0.05, 0.1) is 6.61 Å². The number of halogens is 1. The first kappa shape index (κ1) is 12.8. The molecular weight excluding hydrogens is 214 g/mol. The number of carbonyl (C=O) groups excluding carboxylic acids is 1. The number of ether oxygens (including phenoxy) is 1. The molecule has 1 aliphatic carbocycles. The van der Waals surface area contributed by atoms with E-state index in [0.717, 1.165) is 12.5 Å². The smallest absolute Gasteiger partial charge is 0.226 e. The van der Waals surface area contributed by atoms with E-state index in [9.17, 15) is 4.79 Å². The number of hydrogen-bond donors (Lipinski definition) is 0. The second-order valence-corrected chi connectivity index (χ2v) is 4.64. The zero-order valence-corrected chi connectivity index (χ0v) is 10.3. The van der Waals surface area contributed by atoms with E-state index in [1.165, 1.54) is 12.8 Å². The Kier molecular flexibility index (Phi) is 5.40. The summed E-state index contributed by atoms with van der Waals surface area (Å²) in [7, 11) is 1.80. The van der Waals surface area contributed by atoms with E-state index in [2.05, 4.69) is 0 Å². The molecule has 15 heavy (non-hydrogen) atoms. The fourth-order valence-corrected chi connectivity index (χ4v) is 1.42. The van der Waals surface area contributed by atoms with Gasteiger partial charge in [0.2, 0.25) is 5.91 Å². The molecule has 0 saturated heterocycles. The van der Waals surface area contributed by atoms with E-state index in [1.807, 2.05) is 6.92 Å². The second kappa shape index (κ2) is 6.33. The monoisotopic (exact) mass is 233 g/mol. The van der Waals surface area contributed by atoms with Crippen LogP contribution < -0.4 is 0 Å². The zero-order valence-electron chi connectivity index (χ0n) is 9.54. The fraction of sp³-hybridized carbons (Fsp3) is 0.909. The number of likely N-dealkylation sites (N-methyl/N-ethyl adjacent to an activating group) is 1. The maximum Gasteiger partial charge on any atom is 0.226 e. The number of hydrogen-bond acceptors (Lipinski definition) is 2. The lowest BCUT2D eigenvalue weighted by atomic mass is 10.2. The lowest BCUT2D eigenvalue weighted by Crippen LogP contribution is -2.35. The number of rotatable bonds is 7. The fourth-order valence-electron chi connectivity index (χ4n) is 1.29. The molecule has 0 bridgehead atoms. The van der Waals surface area contributed by atoms with Crippen LogP contribution in [-0.2, 0) is 9.53 Å². The molecule has 1 amide bonds. The van der Waals surface area contributed by atoms with Gasteiger partial charge in [-0.1, -0.05) is 6.92 Å². The van der Waals surface area contributed by atoms with Crippen molar-refractivity contribution in [2.24, 2.45) is 11.8 Å². The molecule has 4 heteroatoms. The van der Waals surface area contributed by atoms with Gasteiger partial charge in [-0.25, -0.2) is 0 Å². The van der Waals surface area contributed by atoms with Crippen LogP contribution in [0.1, 0.15) is 19.8 Å². The Labute approximate surface area is 96.7 Å². The van der Waals surface area contributed by atoms with Gasteiger partial charge in [0.15, 0.2) is 0 Å². The zero-order chi connectivity index (χ0) is 11.3. The summed E-state index contributed by atoms with van der Waals surface area (Å²) in [5.74, 6) is 1.17. The summed E-state index contributed by atoms with van der Waals surface area (Å²) in [5, 5.41) is 0. The number of alkyl halides is 1. The molecule has 0 spiro atoms. The molecule has 1 atom stereocenters. The predicted octanol–water partition coefficient (Wildman–Crippen LogP) is 1.75. The molecule has 1 rings (SSSR count). The minimum atomic E-state index is -0.0971. The lowest BCUT2D eigenvalue weighted by Gasteiger charge is -2.20. The highest BCUT2D eigenvalue weighted by Gasteiger charge is 2.21. The Morgan fingerprint density at radius 2 is 2.27 bits per heavy atom. The molecule has 0 aromatic carbocycles. The van der Waals surface area contributed by atoms with Crippen molar-refractivity contribution < 1.29 is 9.53 Å². The first-order valence-electron chi connectivity index (χ1n) is 5.53. The van der Waals surface area contributed by atoms with Crippen LogP contribution >= 0.6 is 11.6 Å².